The molecule has 1 aliphatic rings. The van der Waals surface area contributed by atoms with Crippen LogP contribution in [0.5, 0.6) is 5.75 Å². The van der Waals surface area contributed by atoms with Crippen LogP contribution < -0.4 is 10.4 Å². The summed E-state index contributed by atoms with van der Waals surface area (Å²) in [6.07, 6.45) is -1.51. The number of fused-ring (bicyclic) bond motifs is 3. The van der Waals surface area contributed by atoms with Crippen LogP contribution in [0.4, 0.5) is 0 Å². The molecule has 1 aliphatic heterocycles. The smallest absolute Gasteiger partial charge is 0.336 e. The second kappa shape index (κ2) is 8.39. The van der Waals surface area contributed by atoms with E-state index in [1.54, 1.807) is 6.07 Å². The summed E-state index contributed by atoms with van der Waals surface area (Å²) in [6.45, 7) is 11.0. The first kappa shape index (κ1) is 21.4. The third-order valence-electron chi connectivity index (χ3n) is 5.04. The van der Waals surface area contributed by atoms with Gasteiger partial charge in [0.2, 0.25) is 0 Å². The van der Waals surface area contributed by atoms with Gasteiger partial charge in [0.15, 0.2) is 0 Å². The molecular formula is C20H29NO6. The van der Waals surface area contributed by atoms with E-state index >= 15 is 0 Å². The molecule has 0 fully saturated rings. The summed E-state index contributed by atoms with van der Waals surface area (Å²) >= 11 is 0. The Morgan fingerprint density at radius 3 is 2.52 bits per heavy atom. The average molecular weight is 379 g/mol. The van der Waals surface area contributed by atoms with Gasteiger partial charge in [0.25, 0.3) is 0 Å². The van der Waals surface area contributed by atoms with Gasteiger partial charge in [-0.2, -0.15) is 0 Å². The van der Waals surface area contributed by atoms with Gasteiger partial charge in [-0.1, -0.05) is 13.8 Å². The van der Waals surface area contributed by atoms with Crippen LogP contribution in [-0.2, 0) is 4.74 Å². The molecule has 0 saturated carbocycles. The zero-order valence-electron chi connectivity index (χ0n) is 16.3. The fraction of sp³-hybridized carbons (Fsp3) is 0.550. The molecule has 7 nitrogen and oxygen atoms in total. The van der Waals surface area contributed by atoms with Gasteiger partial charge in [-0.3, -0.25) is 0 Å². The molecule has 0 saturated heterocycles. The Morgan fingerprint density at radius 1 is 1.19 bits per heavy atom. The molecule has 0 amide bonds. The van der Waals surface area contributed by atoms with E-state index in [4.69, 9.17) is 13.9 Å². The molecule has 0 bridgehead atoms. The zero-order valence-corrected chi connectivity index (χ0v) is 16.3. The van der Waals surface area contributed by atoms with Gasteiger partial charge in [-0.05, 0) is 45.1 Å². The van der Waals surface area contributed by atoms with E-state index in [2.05, 4.69) is 18.7 Å². The molecular weight excluding hydrogens is 350 g/mol. The van der Waals surface area contributed by atoms with Crippen molar-refractivity contribution in [3.8, 4) is 5.75 Å². The number of benzene rings is 1. The molecule has 2 heterocycles. The standard InChI is InChI=1S/C20H27NO5.H2O/c1-5-21(6-2)11-12-24-18-16-14(26-20(3,4)19(18)23)9-7-13-8-10-15(22)25-17(13)16;/h7-10,18-19,23H,5-6,11-12H2,1-4H3;1H2. The quantitative estimate of drug-likeness (QED) is 0.769. The molecule has 2 aromatic rings. The highest BCUT2D eigenvalue weighted by molar-refractivity contribution is 5.83. The van der Waals surface area contributed by atoms with Crippen LogP contribution in [0.25, 0.3) is 11.0 Å². The largest absolute Gasteiger partial charge is 0.485 e. The second-order valence-electron chi connectivity index (χ2n) is 7.12. The molecule has 2 unspecified atom stereocenters. The number of aliphatic hydroxyl groups is 1. The number of nitrogens with zero attached hydrogens (tertiary/aromatic N) is 1. The van der Waals surface area contributed by atoms with E-state index < -0.39 is 23.4 Å². The summed E-state index contributed by atoms with van der Waals surface area (Å²) in [7, 11) is 0. The molecule has 1 aromatic carbocycles. The normalized spacial score (nSPS) is 20.8. The maximum Gasteiger partial charge on any atom is 0.336 e. The first-order valence-electron chi connectivity index (χ1n) is 9.15. The van der Waals surface area contributed by atoms with Gasteiger partial charge >= 0.3 is 5.63 Å². The van der Waals surface area contributed by atoms with Crippen molar-refractivity contribution in [2.75, 3.05) is 26.2 Å². The van der Waals surface area contributed by atoms with Crippen molar-refractivity contribution < 1.29 is 24.5 Å². The lowest BCUT2D eigenvalue weighted by molar-refractivity contribution is -0.136. The Balaban J connectivity index is 0.00000261. The Bertz CT molecular complexity index is 827. The summed E-state index contributed by atoms with van der Waals surface area (Å²) in [4.78, 5) is 14.0. The minimum atomic E-state index is -0.886. The van der Waals surface area contributed by atoms with E-state index in [0.29, 0.717) is 23.5 Å². The molecule has 0 spiro atoms. The van der Waals surface area contributed by atoms with Crippen molar-refractivity contribution in [2.24, 2.45) is 0 Å². The molecule has 27 heavy (non-hydrogen) atoms. The number of hydrogen-bond acceptors (Lipinski definition) is 6. The van der Waals surface area contributed by atoms with Crippen molar-refractivity contribution in [1.29, 1.82) is 0 Å². The fourth-order valence-electron chi connectivity index (χ4n) is 3.38. The third-order valence-corrected chi connectivity index (χ3v) is 5.04. The summed E-state index contributed by atoms with van der Waals surface area (Å²) in [6, 6.07) is 6.78. The highest BCUT2D eigenvalue weighted by atomic mass is 16.5. The predicted octanol–water partition coefficient (Wildman–Crippen LogP) is 1.90. The van der Waals surface area contributed by atoms with Gasteiger partial charge in [0.05, 0.1) is 12.2 Å². The molecule has 0 radical (unpaired) electrons. The molecule has 7 heteroatoms. The van der Waals surface area contributed by atoms with Crippen LogP contribution in [0.1, 0.15) is 39.4 Å². The Kier molecular flexibility index (Phi) is 6.64. The van der Waals surface area contributed by atoms with Gasteiger partial charge in [-0.25, -0.2) is 4.79 Å². The number of rotatable bonds is 6. The maximum atomic E-state index is 11.7. The van der Waals surface area contributed by atoms with Gasteiger partial charge < -0.3 is 29.4 Å². The lowest BCUT2D eigenvalue weighted by Crippen LogP contribution is -2.49. The summed E-state index contributed by atoms with van der Waals surface area (Å²) < 4.78 is 17.5. The minimum Gasteiger partial charge on any atom is -0.485 e. The maximum absolute atomic E-state index is 11.7. The Morgan fingerprint density at radius 2 is 1.85 bits per heavy atom. The van der Waals surface area contributed by atoms with Crippen LogP contribution in [0.2, 0.25) is 0 Å². The van der Waals surface area contributed by atoms with Crippen LogP contribution in [0.15, 0.2) is 33.5 Å². The van der Waals surface area contributed by atoms with Crippen LogP contribution in [0, 0.1) is 0 Å². The molecule has 0 aliphatic carbocycles. The third kappa shape index (κ3) is 4.16. The summed E-state index contributed by atoms with van der Waals surface area (Å²) in [5, 5.41) is 11.6. The topological polar surface area (TPSA) is 104 Å². The fourth-order valence-corrected chi connectivity index (χ4v) is 3.38. The summed E-state index contributed by atoms with van der Waals surface area (Å²) in [5.41, 5.74) is -0.230. The van der Waals surface area contributed by atoms with E-state index in [1.807, 2.05) is 26.0 Å². The van der Waals surface area contributed by atoms with Crippen molar-refractivity contribution in [3.63, 3.8) is 0 Å². The number of likely N-dealkylation sites (N-methyl/N-ethyl adjacent to an activating group) is 1. The van der Waals surface area contributed by atoms with E-state index in [9.17, 15) is 9.90 Å². The van der Waals surface area contributed by atoms with Crippen molar-refractivity contribution in [2.45, 2.75) is 45.5 Å². The molecule has 150 valence electrons. The van der Waals surface area contributed by atoms with E-state index in [1.165, 1.54) is 6.07 Å². The molecule has 3 N–H and O–H groups in total. The van der Waals surface area contributed by atoms with Crippen LogP contribution >= 0.6 is 0 Å². The second-order valence-corrected chi connectivity index (χ2v) is 7.12. The lowest BCUT2D eigenvalue weighted by atomic mass is 9.87. The Hall–Kier alpha value is -1.93. The average Bonchev–Trinajstić information content (AvgIpc) is 2.61. The summed E-state index contributed by atoms with van der Waals surface area (Å²) in [5.74, 6) is 0.579. The zero-order chi connectivity index (χ0) is 18.9. The van der Waals surface area contributed by atoms with Crippen LogP contribution in [-0.4, -0.2) is 53.4 Å². The highest BCUT2D eigenvalue weighted by Crippen LogP contribution is 2.44. The molecule has 3 rings (SSSR count). The molecule has 2 atom stereocenters. The lowest BCUT2D eigenvalue weighted by Gasteiger charge is -2.42. The predicted molar refractivity (Wildman–Crippen MR) is 103 cm³/mol. The number of hydrogen-bond donors (Lipinski definition) is 1. The van der Waals surface area contributed by atoms with Crippen molar-refractivity contribution in [3.05, 3.63) is 40.2 Å². The van der Waals surface area contributed by atoms with Gasteiger partial charge in [0, 0.05) is 18.0 Å². The van der Waals surface area contributed by atoms with E-state index in [-0.39, 0.29) is 5.48 Å². The minimum absolute atomic E-state index is 0. The van der Waals surface area contributed by atoms with Gasteiger partial charge in [-0.15, -0.1) is 0 Å². The first-order valence-corrected chi connectivity index (χ1v) is 9.15. The number of ether oxygens (including phenoxy) is 2. The van der Waals surface area contributed by atoms with Gasteiger partial charge in [0.1, 0.15) is 29.1 Å². The van der Waals surface area contributed by atoms with Crippen molar-refractivity contribution in [1.82, 2.24) is 4.90 Å². The van der Waals surface area contributed by atoms with Crippen molar-refractivity contribution >= 4 is 11.0 Å². The first-order chi connectivity index (χ1) is 12.4. The highest BCUT2D eigenvalue weighted by Gasteiger charge is 2.45. The van der Waals surface area contributed by atoms with E-state index in [0.717, 1.165) is 25.0 Å². The molecule has 1 aromatic heterocycles. The Labute approximate surface area is 158 Å². The monoisotopic (exact) mass is 379 g/mol. The SMILES string of the molecule is CCN(CC)CCOC1c2c(ccc3ccc(=O)oc23)OC(C)(C)C1O.O. The number of aliphatic hydroxyl groups excluding tert-OH is 1. The van der Waals surface area contributed by atoms with Crippen LogP contribution in [0.3, 0.4) is 0 Å².